The Hall–Kier alpha value is -2.43. The van der Waals surface area contributed by atoms with Crippen molar-refractivity contribution in [3.63, 3.8) is 0 Å². The fourth-order valence-corrected chi connectivity index (χ4v) is 1.43. The van der Waals surface area contributed by atoms with E-state index in [1.165, 1.54) is 12.3 Å². The molecule has 2 rings (SSSR count). The van der Waals surface area contributed by atoms with Crippen LogP contribution in [-0.4, -0.2) is 26.1 Å². The second-order valence-electron chi connectivity index (χ2n) is 3.47. The van der Waals surface area contributed by atoms with Crippen LogP contribution in [0.25, 0.3) is 6.08 Å². The molecule has 0 saturated heterocycles. The van der Waals surface area contributed by atoms with E-state index in [0.29, 0.717) is 12.2 Å². The number of rotatable bonds is 4. The summed E-state index contributed by atoms with van der Waals surface area (Å²) in [5.41, 5.74) is 1.75. The minimum absolute atomic E-state index is 0.570. The van der Waals surface area contributed by atoms with E-state index >= 15 is 0 Å². The van der Waals surface area contributed by atoms with Crippen LogP contribution in [0, 0.1) is 0 Å². The topological polar surface area (TPSA) is 68.0 Å². The van der Waals surface area contributed by atoms with Gasteiger partial charge in [0.05, 0.1) is 18.4 Å². The Morgan fingerprint density at radius 3 is 2.82 bits per heavy atom. The summed E-state index contributed by atoms with van der Waals surface area (Å²) < 4.78 is 1.65. The molecule has 0 amide bonds. The summed E-state index contributed by atoms with van der Waals surface area (Å²) in [6, 6.07) is 9.78. The van der Waals surface area contributed by atoms with Crippen LogP contribution >= 0.6 is 0 Å². The lowest BCUT2D eigenvalue weighted by atomic mass is 10.2. The molecule has 0 spiro atoms. The number of nitrogens with zero attached hydrogens (tertiary/aromatic N) is 3. The second-order valence-corrected chi connectivity index (χ2v) is 3.47. The molecule has 0 bridgehead atoms. The Kier molecular flexibility index (Phi) is 3.30. The summed E-state index contributed by atoms with van der Waals surface area (Å²) >= 11 is 0. The first kappa shape index (κ1) is 11.1. The second kappa shape index (κ2) is 5.07. The maximum atomic E-state index is 10.4. The van der Waals surface area contributed by atoms with E-state index in [1.54, 1.807) is 4.68 Å². The van der Waals surface area contributed by atoms with E-state index in [-0.39, 0.29) is 0 Å². The zero-order chi connectivity index (χ0) is 12.1. The molecule has 0 aliphatic carbocycles. The molecule has 1 aromatic heterocycles. The third-order valence-corrected chi connectivity index (χ3v) is 2.22. The summed E-state index contributed by atoms with van der Waals surface area (Å²) in [6.45, 7) is 0.570. The van der Waals surface area contributed by atoms with E-state index in [2.05, 4.69) is 10.3 Å². The first-order valence-electron chi connectivity index (χ1n) is 5.09. The molecule has 1 N–H and O–H groups in total. The van der Waals surface area contributed by atoms with Crippen molar-refractivity contribution in [2.75, 3.05) is 0 Å². The normalized spacial score (nSPS) is 10.8. The van der Waals surface area contributed by atoms with E-state index in [9.17, 15) is 4.79 Å². The van der Waals surface area contributed by atoms with Gasteiger partial charge < -0.3 is 5.11 Å². The van der Waals surface area contributed by atoms with E-state index in [4.69, 9.17) is 5.11 Å². The van der Waals surface area contributed by atoms with Crippen LogP contribution in [0.4, 0.5) is 0 Å². The van der Waals surface area contributed by atoms with Gasteiger partial charge in [0.1, 0.15) is 0 Å². The van der Waals surface area contributed by atoms with Crippen LogP contribution in [0.15, 0.2) is 42.6 Å². The SMILES string of the molecule is O=C(O)C=Cc1cnnn1Cc1ccccc1. The van der Waals surface area contributed by atoms with E-state index in [0.717, 1.165) is 11.6 Å². The van der Waals surface area contributed by atoms with E-state index in [1.807, 2.05) is 30.3 Å². The van der Waals surface area contributed by atoms with Gasteiger partial charge in [-0.2, -0.15) is 0 Å². The standard InChI is InChI=1S/C12H11N3O2/c16-12(17)7-6-11-8-13-14-15(11)9-10-4-2-1-3-5-10/h1-8H,9H2,(H,16,17). The molecule has 17 heavy (non-hydrogen) atoms. The lowest BCUT2D eigenvalue weighted by Gasteiger charge is -2.02. The third kappa shape index (κ3) is 3.01. The molecule has 5 heteroatoms. The van der Waals surface area contributed by atoms with Crippen molar-refractivity contribution >= 4 is 12.0 Å². The number of benzene rings is 1. The number of carboxylic acid groups (broad SMARTS) is 1. The molecule has 86 valence electrons. The predicted molar refractivity (Wildman–Crippen MR) is 62.2 cm³/mol. The lowest BCUT2D eigenvalue weighted by molar-refractivity contribution is -0.131. The Labute approximate surface area is 98.0 Å². The van der Waals surface area contributed by atoms with Crippen molar-refractivity contribution in [2.45, 2.75) is 6.54 Å². The maximum Gasteiger partial charge on any atom is 0.328 e. The van der Waals surface area contributed by atoms with Gasteiger partial charge in [0.15, 0.2) is 0 Å². The Balaban J connectivity index is 2.17. The minimum atomic E-state index is -0.988. The van der Waals surface area contributed by atoms with Crippen molar-refractivity contribution < 1.29 is 9.90 Å². The maximum absolute atomic E-state index is 10.4. The fraction of sp³-hybridized carbons (Fsp3) is 0.0833. The highest BCUT2D eigenvalue weighted by Crippen LogP contribution is 2.05. The molecule has 0 unspecified atom stereocenters. The van der Waals surface area contributed by atoms with Gasteiger partial charge in [-0.1, -0.05) is 35.5 Å². The zero-order valence-corrected chi connectivity index (χ0v) is 9.02. The van der Waals surface area contributed by atoms with Crippen molar-refractivity contribution in [1.82, 2.24) is 15.0 Å². The van der Waals surface area contributed by atoms with Crippen molar-refractivity contribution in [1.29, 1.82) is 0 Å². The molecule has 5 nitrogen and oxygen atoms in total. The Morgan fingerprint density at radius 1 is 1.35 bits per heavy atom. The van der Waals surface area contributed by atoms with Crippen LogP contribution in [0.5, 0.6) is 0 Å². The number of hydrogen-bond donors (Lipinski definition) is 1. The number of carbonyl (C=O) groups is 1. The van der Waals surface area contributed by atoms with Crippen LogP contribution in [0.2, 0.25) is 0 Å². The average Bonchev–Trinajstić information content (AvgIpc) is 2.75. The van der Waals surface area contributed by atoms with E-state index < -0.39 is 5.97 Å². The van der Waals surface area contributed by atoms with Gasteiger partial charge in [-0.05, 0) is 11.6 Å². The lowest BCUT2D eigenvalue weighted by Crippen LogP contribution is -2.04. The molecule has 0 saturated carbocycles. The van der Waals surface area contributed by atoms with Crippen LogP contribution in [-0.2, 0) is 11.3 Å². The third-order valence-electron chi connectivity index (χ3n) is 2.22. The predicted octanol–water partition coefficient (Wildman–Crippen LogP) is 1.42. The van der Waals surface area contributed by atoms with Crippen molar-refractivity contribution in [3.05, 3.63) is 53.9 Å². The minimum Gasteiger partial charge on any atom is -0.478 e. The molecule has 0 aliphatic heterocycles. The van der Waals surface area contributed by atoms with Crippen molar-refractivity contribution in [3.8, 4) is 0 Å². The summed E-state index contributed by atoms with van der Waals surface area (Å²) in [4.78, 5) is 10.4. The summed E-state index contributed by atoms with van der Waals surface area (Å²) in [5, 5.41) is 16.2. The van der Waals surface area contributed by atoms with Gasteiger partial charge in [0, 0.05) is 6.08 Å². The quantitative estimate of drug-likeness (QED) is 0.805. The highest BCUT2D eigenvalue weighted by atomic mass is 16.4. The molecule has 1 aromatic carbocycles. The van der Waals surface area contributed by atoms with Gasteiger partial charge in [0.25, 0.3) is 0 Å². The fourth-order valence-electron chi connectivity index (χ4n) is 1.43. The summed E-state index contributed by atoms with van der Waals surface area (Å²) in [5.74, 6) is -0.988. The van der Waals surface area contributed by atoms with Gasteiger partial charge in [-0.15, -0.1) is 5.10 Å². The first-order chi connectivity index (χ1) is 8.25. The van der Waals surface area contributed by atoms with Crippen LogP contribution in [0.3, 0.4) is 0 Å². The average molecular weight is 229 g/mol. The smallest absolute Gasteiger partial charge is 0.328 e. The first-order valence-corrected chi connectivity index (χ1v) is 5.09. The van der Waals surface area contributed by atoms with Gasteiger partial charge in [0.2, 0.25) is 0 Å². The monoisotopic (exact) mass is 229 g/mol. The highest BCUT2D eigenvalue weighted by Gasteiger charge is 2.01. The largest absolute Gasteiger partial charge is 0.478 e. The summed E-state index contributed by atoms with van der Waals surface area (Å²) in [7, 11) is 0. The van der Waals surface area contributed by atoms with Gasteiger partial charge >= 0.3 is 5.97 Å². The number of aromatic nitrogens is 3. The molecular weight excluding hydrogens is 218 g/mol. The van der Waals surface area contributed by atoms with Crippen LogP contribution in [0.1, 0.15) is 11.3 Å². The van der Waals surface area contributed by atoms with Gasteiger partial charge in [-0.25, -0.2) is 9.48 Å². The Bertz CT molecular complexity index is 532. The number of carboxylic acids is 1. The molecule has 0 aliphatic rings. The van der Waals surface area contributed by atoms with Gasteiger partial charge in [-0.3, -0.25) is 0 Å². The summed E-state index contributed by atoms with van der Waals surface area (Å²) in [6.07, 6.45) is 4.08. The zero-order valence-electron chi connectivity index (χ0n) is 9.02. The number of aliphatic carboxylic acids is 1. The highest BCUT2D eigenvalue weighted by molar-refractivity contribution is 5.84. The van der Waals surface area contributed by atoms with Crippen molar-refractivity contribution in [2.24, 2.45) is 0 Å². The molecule has 2 aromatic rings. The molecule has 0 fully saturated rings. The number of hydrogen-bond acceptors (Lipinski definition) is 3. The molecular formula is C12H11N3O2. The Morgan fingerprint density at radius 2 is 2.12 bits per heavy atom. The molecule has 0 atom stereocenters. The molecule has 0 radical (unpaired) electrons. The van der Waals surface area contributed by atoms with Crippen LogP contribution < -0.4 is 0 Å². The molecule has 1 heterocycles.